The van der Waals surface area contributed by atoms with E-state index in [4.69, 9.17) is 5.26 Å². The first kappa shape index (κ1) is 27.8. The molecule has 1 N–H and O–H groups in total. The molecule has 0 saturated carbocycles. The molecule has 0 aromatic heterocycles. The molecular weight excluding hydrogens is 494 g/mol. The van der Waals surface area contributed by atoms with Gasteiger partial charge in [0, 0.05) is 63.4 Å². The van der Waals surface area contributed by atoms with E-state index >= 15 is 0 Å². The van der Waals surface area contributed by atoms with Gasteiger partial charge in [-0.15, -0.1) is 0 Å². The molecule has 0 aliphatic carbocycles. The molecule has 39 heavy (non-hydrogen) atoms. The molecule has 0 bridgehead atoms. The van der Waals surface area contributed by atoms with Crippen molar-refractivity contribution >= 4 is 29.2 Å². The summed E-state index contributed by atoms with van der Waals surface area (Å²) in [6, 6.07) is 16.6. The van der Waals surface area contributed by atoms with Crippen LogP contribution in [0, 0.1) is 24.2 Å². The van der Waals surface area contributed by atoms with Crippen molar-refractivity contribution in [2.45, 2.75) is 39.2 Å². The number of carbonyl (C=O) groups excluding carboxylic acids is 4. The molecule has 9 nitrogen and oxygen atoms in total. The number of likely N-dealkylation sites (tertiary alicyclic amines) is 1. The van der Waals surface area contributed by atoms with Gasteiger partial charge in [-0.05, 0) is 43.7 Å². The lowest BCUT2D eigenvalue weighted by molar-refractivity contribution is -0.137. The highest BCUT2D eigenvalue weighted by Gasteiger charge is 2.42. The fraction of sp³-hybridized carbons (Fsp3) is 0.433. The van der Waals surface area contributed by atoms with Gasteiger partial charge >= 0.3 is 0 Å². The molecular formula is C30H35N5O4. The third-order valence-corrected chi connectivity index (χ3v) is 7.50. The summed E-state index contributed by atoms with van der Waals surface area (Å²) >= 11 is 0. The second kappa shape index (κ2) is 12.6. The SMILES string of the molecule is CC(=O)c1ccc(N2CCN(C(=O)C3CC(=O)N([C@@H](Cc4ccc(C)cc4)C(=O)NCCC#N)C3)CC2)cc1. The van der Waals surface area contributed by atoms with Crippen molar-refractivity contribution in [2.24, 2.45) is 5.92 Å². The number of nitrogens with zero attached hydrogens (tertiary/aromatic N) is 4. The van der Waals surface area contributed by atoms with Gasteiger partial charge in [-0.3, -0.25) is 19.2 Å². The quantitative estimate of drug-likeness (QED) is 0.394. The fourth-order valence-electron chi connectivity index (χ4n) is 5.20. The Kier molecular flexibility index (Phi) is 8.97. The lowest BCUT2D eigenvalue weighted by Gasteiger charge is -2.37. The summed E-state index contributed by atoms with van der Waals surface area (Å²) in [7, 11) is 0. The van der Waals surface area contributed by atoms with Crippen molar-refractivity contribution in [1.29, 1.82) is 5.26 Å². The molecule has 0 radical (unpaired) electrons. The summed E-state index contributed by atoms with van der Waals surface area (Å²) in [4.78, 5) is 56.7. The number of amides is 3. The third kappa shape index (κ3) is 6.82. The van der Waals surface area contributed by atoms with E-state index in [1.807, 2.05) is 66.4 Å². The number of piperazine rings is 1. The highest BCUT2D eigenvalue weighted by atomic mass is 16.2. The summed E-state index contributed by atoms with van der Waals surface area (Å²) in [6.45, 7) is 6.34. The number of aryl methyl sites for hydroxylation is 1. The summed E-state index contributed by atoms with van der Waals surface area (Å²) in [6.07, 6.45) is 0.610. The van der Waals surface area contributed by atoms with Crippen LogP contribution < -0.4 is 10.2 Å². The van der Waals surface area contributed by atoms with Gasteiger partial charge < -0.3 is 20.0 Å². The van der Waals surface area contributed by atoms with E-state index in [0.717, 1.165) is 16.8 Å². The average Bonchev–Trinajstić information content (AvgIpc) is 3.33. The Bertz CT molecular complexity index is 1240. The maximum atomic E-state index is 13.4. The van der Waals surface area contributed by atoms with Crippen LogP contribution in [0.4, 0.5) is 5.69 Å². The van der Waals surface area contributed by atoms with Gasteiger partial charge in [0.2, 0.25) is 17.7 Å². The Morgan fingerprint density at radius 2 is 1.69 bits per heavy atom. The van der Waals surface area contributed by atoms with E-state index in [2.05, 4.69) is 10.2 Å². The third-order valence-electron chi connectivity index (χ3n) is 7.50. The summed E-state index contributed by atoms with van der Waals surface area (Å²) in [5.74, 6) is -1.04. The first-order valence-electron chi connectivity index (χ1n) is 13.4. The van der Waals surface area contributed by atoms with Crippen LogP contribution in [-0.2, 0) is 20.8 Å². The van der Waals surface area contributed by atoms with Gasteiger partial charge in [0.25, 0.3) is 0 Å². The highest BCUT2D eigenvalue weighted by Crippen LogP contribution is 2.26. The fourth-order valence-corrected chi connectivity index (χ4v) is 5.20. The molecule has 1 unspecified atom stereocenters. The standard InChI is InChI=1S/C30H35N5O4/c1-21-4-6-23(7-5-21)18-27(29(38)32-13-3-12-31)35-20-25(19-28(35)37)30(39)34-16-14-33(15-17-34)26-10-8-24(9-11-26)22(2)36/h4-11,25,27H,3,13-20H2,1-2H3,(H,32,38)/t25?,27-/m0/s1. The molecule has 3 amide bonds. The van der Waals surface area contributed by atoms with Crippen LogP contribution in [0.3, 0.4) is 0 Å². The Morgan fingerprint density at radius 3 is 2.31 bits per heavy atom. The van der Waals surface area contributed by atoms with E-state index in [1.165, 1.54) is 4.90 Å². The van der Waals surface area contributed by atoms with Gasteiger partial charge in [-0.1, -0.05) is 29.8 Å². The molecule has 2 atom stereocenters. The molecule has 2 heterocycles. The molecule has 2 aliphatic heterocycles. The zero-order valence-corrected chi connectivity index (χ0v) is 22.6. The van der Waals surface area contributed by atoms with Crippen LogP contribution in [0.15, 0.2) is 48.5 Å². The molecule has 9 heteroatoms. The monoisotopic (exact) mass is 529 g/mol. The number of nitrogens with one attached hydrogen (secondary N) is 1. The van der Waals surface area contributed by atoms with E-state index in [0.29, 0.717) is 38.2 Å². The number of benzene rings is 2. The topological polar surface area (TPSA) is 114 Å². The second-order valence-electron chi connectivity index (χ2n) is 10.3. The minimum atomic E-state index is -0.744. The lowest BCUT2D eigenvalue weighted by atomic mass is 10.0. The number of anilines is 1. The van der Waals surface area contributed by atoms with E-state index in [-0.39, 0.29) is 49.4 Å². The van der Waals surface area contributed by atoms with Crippen LogP contribution in [0.1, 0.15) is 41.3 Å². The molecule has 2 aliphatic rings. The zero-order valence-electron chi connectivity index (χ0n) is 22.6. The van der Waals surface area contributed by atoms with Crippen LogP contribution in [-0.4, -0.2) is 78.6 Å². The van der Waals surface area contributed by atoms with Gasteiger partial charge in [-0.25, -0.2) is 0 Å². The molecule has 0 spiro atoms. The molecule has 2 aromatic carbocycles. The van der Waals surface area contributed by atoms with E-state index in [9.17, 15) is 19.2 Å². The van der Waals surface area contributed by atoms with Crippen molar-refractivity contribution in [1.82, 2.24) is 15.1 Å². The number of nitriles is 1. The smallest absolute Gasteiger partial charge is 0.243 e. The largest absolute Gasteiger partial charge is 0.368 e. The van der Waals surface area contributed by atoms with E-state index < -0.39 is 12.0 Å². The Balaban J connectivity index is 1.39. The predicted octanol–water partition coefficient (Wildman–Crippen LogP) is 2.34. The first-order valence-corrected chi connectivity index (χ1v) is 13.4. The molecule has 4 rings (SSSR count). The van der Waals surface area contributed by atoms with Crippen LogP contribution in [0.25, 0.3) is 0 Å². The van der Waals surface area contributed by atoms with Gasteiger partial charge in [-0.2, -0.15) is 5.26 Å². The number of hydrogen-bond acceptors (Lipinski definition) is 6. The van der Waals surface area contributed by atoms with Gasteiger partial charge in [0.1, 0.15) is 6.04 Å². The summed E-state index contributed by atoms with van der Waals surface area (Å²) in [5.41, 5.74) is 3.71. The summed E-state index contributed by atoms with van der Waals surface area (Å²) < 4.78 is 0. The minimum absolute atomic E-state index is 0.0258. The maximum absolute atomic E-state index is 13.4. The average molecular weight is 530 g/mol. The Labute approximate surface area is 229 Å². The second-order valence-corrected chi connectivity index (χ2v) is 10.3. The number of ketones is 1. The van der Waals surface area contributed by atoms with Crippen molar-refractivity contribution in [3.63, 3.8) is 0 Å². The number of rotatable bonds is 9. The van der Waals surface area contributed by atoms with Crippen LogP contribution in [0.5, 0.6) is 0 Å². The molecule has 2 fully saturated rings. The zero-order chi connectivity index (χ0) is 27.9. The van der Waals surface area contributed by atoms with Crippen molar-refractivity contribution in [2.75, 3.05) is 44.2 Å². The number of carbonyl (C=O) groups is 4. The Hall–Kier alpha value is -4.19. The van der Waals surface area contributed by atoms with Crippen LogP contribution in [0.2, 0.25) is 0 Å². The number of Topliss-reactive ketones (excluding diaryl/α,β-unsaturated/α-hetero) is 1. The van der Waals surface area contributed by atoms with Gasteiger partial charge in [0.15, 0.2) is 5.78 Å². The highest BCUT2D eigenvalue weighted by molar-refractivity contribution is 5.94. The van der Waals surface area contributed by atoms with Gasteiger partial charge in [0.05, 0.1) is 18.4 Å². The number of hydrogen-bond donors (Lipinski definition) is 1. The van der Waals surface area contributed by atoms with Crippen molar-refractivity contribution in [3.05, 3.63) is 65.2 Å². The van der Waals surface area contributed by atoms with Crippen molar-refractivity contribution in [3.8, 4) is 6.07 Å². The van der Waals surface area contributed by atoms with Crippen molar-refractivity contribution < 1.29 is 19.2 Å². The normalized spacial score (nSPS) is 18.0. The van der Waals surface area contributed by atoms with Crippen LogP contribution >= 0.6 is 0 Å². The Morgan fingerprint density at radius 1 is 1.03 bits per heavy atom. The lowest BCUT2D eigenvalue weighted by Crippen LogP contribution is -2.51. The van der Waals surface area contributed by atoms with E-state index in [1.54, 1.807) is 6.92 Å². The predicted molar refractivity (Wildman–Crippen MR) is 147 cm³/mol. The molecule has 204 valence electrons. The minimum Gasteiger partial charge on any atom is -0.368 e. The maximum Gasteiger partial charge on any atom is 0.243 e. The molecule has 2 saturated heterocycles. The molecule has 2 aromatic rings. The summed E-state index contributed by atoms with van der Waals surface area (Å²) in [5, 5.41) is 11.6. The first-order chi connectivity index (χ1) is 18.8.